The minimum absolute atomic E-state index is 0.317. The number of carbonyl (C=O) groups excluding carboxylic acids is 1. The summed E-state index contributed by atoms with van der Waals surface area (Å²) in [5, 5.41) is 0. The highest BCUT2D eigenvalue weighted by atomic mass is 16.5. The third kappa shape index (κ3) is 6.21. The van der Waals surface area contributed by atoms with Gasteiger partial charge in [-0.2, -0.15) is 0 Å². The second kappa shape index (κ2) is 12.0. The Morgan fingerprint density at radius 1 is 1.18 bits per heavy atom. The second-order valence-corrected chi connectivity index (χ2v) is 8.54. The fourth-order valence-corrected chi connectivity index (χ4v) is 4.70. The van der Waals surface area contributed by atoms with E-state index in [1.165, 1.54) is 12.8 Å². The van der Waals surface area contributed by atoms with Gasteiger partial charge >= 0.3 is 0 Å². The number of morpholine rings is 1. The van der Waals surface area contributed by atoms with Crippen LogP contribution in [-0.2, 0) is 4.74 Å². The number of pyridine rings is 2. The minimum atomic E-state index is 0.317. The third-order valence-corrected chi connectivity index (χ3v) is 6.52. The average molecular weight is 456 g/mol. The van der Waals surface area contributed by atoms with Crippen LogP contribution in [0.4, 0.5) is 0 Å². The molecule has 2 aliphatic rings. The molecule has 2 unspecified atom stereocenters. The molecule has 3 heterocycles. The van der Waals surface area contributed by atoms with Gasteiger partial charge in [-0.05, 0) is 24.8 Å². The molecule has 8 nitrogen and oxygen atoms in total. The zero-order valence-corrected chi connectivity index (χ0v) is 19.3. The summed E-state index contributed by atoms with van der Waals surface area (Å²) in [6.45, 7) is 5.18. The van der Waals surface area contributed by atoms with Gasteiger partial charge in [0.2, 0.25) is 11.8 Å². The molecule has 4 rings (SSSR count). The van der Waals surface area contributed by atoms with E-state index in [-0.39, 0.29) is 0 Å². The van der Waals surface area contributed by atoms with Crippen molar-refractivity contribution < 1.29 is 23.7 Å². The van der Waals surface area contributed by atoms with Gasteiger partial charge in [0.1, 0.15) is 12.4 Å². The monoisotopic (exact) mass is 455 g/mol. The molecule has 1 saturated carbocycles. The van der Waals surface area contributed by atoms with Crippen LogP contribution >= 0.6 is 0 Å². The predicted octanol–water partition coefficient (Wildman–Crippen LogP) is 3.36. The Kier molecular flexibility index (Phi) is 8.49. The Labute approximate surface area is 195 Å². The summed E-state index contributed by atoms with van der Waals surface area (Å²) in [5.41, 5.74) is 1.59. The van der Waals surface area contributed by atoms with Crippen LogP contribution in [0.3, 0.4) is 0 Å². The van der Waals surface area contributed by atoms with Crippen LogP contribution in [0, 0.1) is 5.92 Å². The molecular weight excluding hydrogens is 422 g/mol. The van der Waals surface area contributed by atoms with E-state index >= 15 is 0 Å². The number of carbonyl (C=O) groups is 1. The Balaban J connectivity index is 1.36. The van der Waals surface area contributed by atoms with E-state index in [1.54, 1.807) is 25.6 Å². The van der Waals surface area contributed by atoms with Crippen LogP contribution in [0.1, 0.15) is 47.5 Å². The van der Waals surface area contributed by atoms with Crippen LogP contribution in [0.25, 0.3) is 0 Å². The van der Waals surface area contributed by atoms with Crippen LogP contribution in [-0.4, -0.2) is 74.3 Å². The van der Waals surface area contributed by atoms with Crippen molar-refractivity contribution in [3.8, 4) is 17.5 Å². The highest BCUT2D eigenvalue weighted by Gasteiger charge is 2.30. The van der Waals surface area contributed by atoms with Crippen LogP contribution < -0.4 is 14.2 Å². The van der Waals surface area contributed by atoms with Gasteiger partial charge in [-0.15, -0.1) is 0 Å². The van der Waals surface area contributed by atoms with Crippen molar-refractivity contribution in [2.75, 3.05) is 53.2 Å². The summed E-state index contributed by atoms with van der Waals surface area (Å²) in [7, 11) is 1.66. The van der Waals surface area contributed by atoms with E-state index in [0.717, 1.165) is 57.5 Å². The average Bonchev–Trinajstić information content (AvgIpc) is 2.88. The second-order valence-electron chi connectivity index (χ2n) is 8.54. The summed E-state index contributed by atoms with van der Waals surface area (Å²) >= 11 is 0. The molecule has 0 bridgehead atoms. The first-order valence-corrected chi connectivity index (χ1v) is 11.8. The third-order valence-electron chi connectivity index (χ3n) is 6.52. The molecular formula is C25H33N3O5. The SMILES string of the molecule is COc1ncccc1C1CCCCC1COc1cnc(OCCN2CCOCC2)cc1C=O. The van der Waals surface area contributed by atoms with Gasteiger partial charge in [0.15, 0.2) is 6.29 Å². The molecule has 178 valence electrons. The first kappa shape index (κ1) is 23.4. The fourth-order valence-electron chi connectivity index (χ4n) is 4.70. The van der Waals surface area contributed by atoms with E-state index < -0.39 is 0 Å². The van der Waals surface area contributed by atoms with Crippen molar-refractivity contribution in [2.45, 2.75) is 31.6 Å². The van der Waals surface area contributed by atoms with E-state index in [0.29, 0.717) is 48.1 Å². The lowest BCUT2D eigenvalue weighted by Crippen LogP contribution is -2.38. The van der Waals surface area contributed by atoms with Crippen LogP contribution in [0.5, 0.6) is 17.5 Å². The zero-order valence-electron chi connectivity index (χ0n) is 19.3. The summed E-state index contributed by atoms with van der Waals surface area (Å²) in [6.07, 6.45) is 8.63. The van der Waals surface area contributed by atoms with Gasteiger partial charge in [-0.3, -0.25) is 9.69 Å². The van der Waals surface area contributed by atoms with Crippen molar-refractivity contribution in [2.24, 2.45) is 5.92 Å². The van der Waals surface area contributed by atoms with Crippen molar-refractivity contribution in [3.63, 3.8) is 0 Å². The number of hydrogen-bond donors (Lipinski definition) is 0. The molecule has 0 radical (unpaired) electrons. The van der Waals surface area contributed by atoms with E-state index in [4.69, 9.17) is 18.9 Å². The summed E-state index contributed by atoms with van der Waals surface area (Å²) in [6, 6.07) is 5.71. The van der Waals surface area contributed by atoms with Gasteiger partial charge < -0.3 is 18.9 Å². The highest BCUT2D eigenvalue weighted by molar-refractivity contribution is 5.79. The van der Waals surface area contributed by atoms with E-state index in [9.17, 15) is 4.79 Å². The number of aromatic nitrogens is 2. The molecule has 8 heteroatoms. The van der Waals surface area contributed by atoms with Gasteiger partial charge in [0, 0.05) is 43.4 Å². The standard InChI is InChI=1S/C25H33N3O5/c1-30-25-22(7-4-8-26-25)21-6-3-2-5-19(21)18-33-23-16-27-24(15-20(23)17-29)32-14-11-28-9-12-31-13-10-28/h4,7-8,15-17,19,21H,2-3,5-6,9-14,18H2,1H3. The number of hydrogen-bond acceptors (Lipinski definition) is 8. The lowest BCUT2D eigenvalue weighted by atomic mass is 9.76. The van der Waals surface area contributed by atoms with Gasteiger partial charge in [0.25, 0.3) is 0 Å². The molecule has 1 saturated heterocycles. The first-order chi connectivity index (χ1) is 16.3. The lowest BCUT2D eigenvalue weighted by molar-refractivity contribution is 0.0320. The summed E-state index contributed by atoms with van der Waals surface area (Å²) in [5.74, 6) is 2.25. The molecule has 2 fully saturated rings. The molecule has 0 spiro atoms. The molecule has 2 aromatic heterocycles. The minimum Gasteiger partial charge on any atom is -0.491 e. The Bertz CT molecular complexity index is 903. The van der Waals surface area contributed by atoms with Crippen molar-refractivity contribution in [1.82, 2.24) is 14.9 Å². The Morgan fingerprint density at radius 2 is 2.03 bits per heavy atom. The molecule has 0 amide bonds. The zero-order chi connectivity index (χ0) is 22.9. The number of nitrogens with zero attached hydrogens (tertiary/aromatic N) is 3. The number of methoxy groups -OCH3 is 1. The topological polar surface area (TPSA) is 83.0 Å². The lowest BCUT2D eigenvalue weighted by Gasteiger charge is -2.32. The summed E-state index contributed by atoms with van der Waals surface area (Å²) < 4.78 is 22.7. The number of rotatable bonds is 10. The Morgan fingerprint density at radius 3 is 2.85 bits per heavy atom. The normalized spacial score (nSPS) is 21.4. The van der Waals surface area contributed by atoms with Crippen LogP contribution in [0.15, 0.2) is 30.6 Å². The molecule has 0 aromatic carbocycles. The predicted molar refractivity (Wildman–Crippen MR) is 123 cm³/mol. The molecule has 2 aromatic rings. The maximum Gasteiger partial charge on any atom is 0.216 e. The van der Waals surface area contributed by atoms with Crippen molar-refractivity contribution in [3.05, 3.63) is 41.7 Å². The Hall–Kier alpha value is -2.71. The number of ether oxygens (including phenoxy) is 4. The van der Waals surface area contributed by atoms with Gasteiger partial charge in [-0.1, -0.05) is 18.9 Å². The maximum atomic E-state index is 11.7. The van der Waals surface area contributed by atoms with E-state index in [2.05, 4.69) is 20.9 Å². The van der Waals surface area contributed by atoms with Gasteiger partial charge in [-0.25, -0.2) is 9.97 Å². The smallest absolute Gasteiger partial charge is 0.216 e. The van der Waals surface area contributed by atoms with Crippen molar-refractivity contribution in [1.29, 1.82) is 0 Å². The fraction of sp³-hybridized carbons (Fsp3) is 0.560. The molecule has 2 atom stereocenters. The molecule has 1 aliphatic heterocycles. The molecule has 1 aliphatic carbocycles. The summed E-state index contributed by atoms with van der Waals surface area (Å²) in [4.78, 5) is 22.7. The van der Waals surface area contributed by atoms with Crippen LogP contribution in [0.2, 0.25) is 0 Å². The number of aldehydes is 1. The van der Waals surface area contributed by atoms with E-state index in [1.807, 2.05) is 6.07 Å². The van der Waals surface area contributed by atoms with Gasteiger partial charge in [0.05, 0.1) is 38.7 Å². The quantitative estimate of drug-likeness (QED) is 0.505. The maximum absolute atomic E-state index is 11.7. The molecule has 33 heavy (non-hydrogen) atoms. The largest absolute Gasteiger partial charge is 0.491 e. The first-order valence-electron chi connectivity index (χ1n) is 11.8. The van der Waals surface area contributed by atoms with Crippen molar-refractivity contribution >= 4 is 6.29 Å². The molecule has 0 N–H and O–H groups in total. The highest BCUT2D eigenvalue weighted by Crippen LogP contribution is 2.41.